The summed E-state index contributed by atoms with van der Waals surface area (Å²) in [6, 6.07) is 0.221. The predicted octanol–water partition coefficient (Wildman–Crippen LogP) is 4.80. The number of fused-ring (bicyclic) bond motifs is 3. The van der Waals surface area contributed by atoms with Crippen LogP contribution in [-0.2, 0) is 17.6 Å². The summed E-state index contributed by atoms with van der Waals surface area (Å²) in [5.41, 5.74) is 1.40. The Bertz CT molecular complexity index is 940. The minimum Gasteiger partial charge on any atom is -0.343 e. The Balaban J connectivity index is 1.75. The van der Waals surface area contributed by atoms with E-state index in [9.17, 15) is 9.59 Å². The van der Waals surface area contributed by atoms with Gasteiger partial charge in [-0.15, -0.1) is 11.3 Å². The topological polar surface area (TPSA) is 55.2 Å². The summed E-state index contributed by atoms with van der Waals surface area (Å²) >= 11 is 3.15. The minimum absolute atomic E-state index is 0.120. The Hall–Kier alpha value is -1.34. The molecular formula is C22H31N3O2S2. The molecular weight excluding hydrogens is 402 g/mol. The summed E-state index contributed by atoms with van der Waals surface area (Å²) in [5.74, 6) is 0.465. The van der Waals surface area contributed by atoms with Gasteiger partial charge >= 0.3 is 0 Å². The summed E-state index contributed by atoms with van der Waals surface area (Å²) in [4.78, 5) is 35.3. The molecule has 2 heterocycles. The number of hydrogen-bond donors (Lipinski definition) is 0. The lowest BCUT2D eigenvalue weighted by atomic mass is 9.94. The van der Waals surface area contributed by atoms with E-state index in [1.165, 1.54) is 47.9 Å². The van der Waals surface area contributed by atoms with Crippen molar-refractivity contribution in [1.29, 1.82) is 0 Å². The lowest BCUT2D eigenvalue weighted by Crippen LogP contribution is -2.33. The Kier molecular flexibility index (Phi) is 6.64. The lowest BCUT2D eigenvalue weighted by molar-refractivity contribution is -0.127. The van der Waals surface area contributed by atoms with Crippen LogP contribution >= 0.6 is 23.1 Å². The van der Waals surface area contributed by atoms with Crippen LogP contribution in [0.2, 0.25) is 0 Å². The molecule has 29 heavy (non-hydrogen) atoms. The standard InChI is InChI=1S/C22H31N3O2S2/c1-3-24(4-2)18(26)14-28-22-23-20-19(16-12-8-9-13-17(16)29-20)21(27)25(22)15-10-6-5-7-11-15/h15H,3-14H2,1-2H3. The number of aromatic nitrogens is 2. The number of carbonyl (C=O) groups is 1. The van der Waals surface area contributed by atoms with E-state index < -0.39 is 0 Å². The third-order valence-corrected chi connectivity index (χ3v) is 8.49. The van der Waals surface area contributed by atoms with Crippen molar-refractivity contribution in [2.24, 2.45) is 0 Å². The zero-order chi connectivity index (χ0) is 20.4. The second-order valence-corrected chi connectivity index (χ2v) is 10.1. The largest absolute Gasteiger partial charge is 0.343 e. The van der Waals surface area contributed by atoms with Crippen molar-refractivity contribution in [1.82, 2.24) is 14.5 Å². The summed E-state index contributed by atoms with van der Waals surface area (Å²) in [6.07, 6.45) is 10.1. The van der Waals surface area contributed by atoms with Crippen LogP contribution in [0.15, 0.2) is 9.95 Å². The van der Waals surface area contributed by atoms with Crippen LogP contribution in [0.1, 0.15) is 75.3 Å². The van der Waals surface area contributed by atoms with Crippen molar-refractivity contribution >= 4 is 39.2 Å². The highest BCUT2D eigenvalue weighted by Crippen LogP contribution is 2.37. The van der Waals surface area contributed by atoms with E-state index in [2.05, 4.69) is 0 Å². The normalized spacial score (nSPS) is 17.4. The number of thioether (sulfide) groups is 1. The second kappa shape index (κ2) is 9.21. The van der Waals surface area contributed by atoms with Gasteiger partial charge in [-0.05, 0) is 57.9 Å². The van der Waals surface area contributed by atoms with Gasteiger partial charge in [0.1, 0.15) is 4.83 Å². The van der Waals surface area contributed by atoms with Gasteiger partial charge in [0.25, 0.3) is 5.56 Å². The van der Waals surface area contributed by atoms with Gasteiger partial charge in [0.2, 0.25) is 5.91 Å². The first-order chi connectivity index (χ1) is 14.1. The Morgan fingerprint density at radius 1 is 1.14 bits per heavy atom. The van der Waals surface area contributed by atoms with E-state index in [4.69, 9.17) is 4.98 Å². The Labute approximate surface area is 180 Å². The molecule has 5 nitrogen and oxygen atoms in total. The molecule has 7 heteroatoms. The molecule has 0 atom stereocenters. The van der Waals surface area contributed by atoms with Crippen LogP contribution in [0.4, 0.5) is 0 Å². The number of rotatable bonds is 6. The fourth-order valence-electron chi connectivity index (χ4n) is 4.76. The molecule has 1 fully saturated rings. The van der Waals surface area contributed by atoms with Crippen molar-refractivity contribution in [3.8, 4) is 0 Å². The zero-order valence-corrected chi connectivity index (χ0v) is 19.2. The quantitative estimate of drug-likeness (QED) is 0.485. The van der Waals surface area contributed by atoms with Gasteiger partial charge in [0.05, 0.1) is 11.1 Å². The van der Waals surface area contributed by atoms with E-state index in [0.29, 0.717) is 5.75 Å². The maximum absolute atomic E-state index is 13.7. The van der Waals surface area contributed by atoms with E-state index in [-0.39, 0.29) is 17.5 Å². The van der Waals surface area contributed by atoms with Crippen molar-refractivity contribution in [2.45, 2.75) is 82.8 Å². The summed E-state index contributed by atoms with van der Waals surface area (Å²) in [7, 11) is 0. The molecule has 2 aliphatic carbocycles. The molecule has 158 valence electrons. The molecule has 0 aliphatic heterocycles. The molecule has 2 aromatic heterocycles. The first-order valence-electron chi connectivity index (χ1n) is 11.1. The molecule has 0 unspecified atom stereocenters. The molecule has 4 rings (SSSR count). The highest BCUT2D eigenvalue weighted by atomic mass is 32.2. The number of carbonyl (C=O) groups excluding carboxylic acids is 1. The molecule has 2 aromatic rings. The summed E-state index contributed by atoms with van der Waals surface area (Å²) in [5, 5.41) is 1.61. The fraction of sp³-hybridized carbons (Fsp3) is 0.682. The van der Waals surface area contributed by atoms with Gasteiger partial charge in [-0.25, -0.2) is 4.98 Å². The molecule has 0 spiro atoms. The fourth-order valence-corrected chi connectivity index (χ4v) is 7.03. The zero-order valence-electron chi connectivity index (χ0n) is 17.5. The highest BCUT2D eigenvalue weighted by molar-refractivity contribution is 7.99. The molecule has 0 N–H and O–H groups in total. The summed E-state index contributed by atoms with van der Waals surface area (Å²) < 4.78 is 1.96. The van der Waals surface area contributed by atoms with Gasteiger partial charge < -0.3 is 4.90 Å². The van der Waals surface area contributed by atoms with Crippen LogP contribution in [0.5, 0.6) is 0 Å². The number of aryl methyl sites for hydroxylation is 2. The smallest absolute Gasteiger partial charge is 0.263 e. The number of hydrogen-bond acceptors (Lipinski definition) is 5. The highest BCUT2D eigenvalue weighted by Gasteiger charge is 2.26. The monoisotopic (exact) mass is 433 g/mol. The average Bonchev–Trinajstić information content (AvgIpc) is 3.12. The number of thiophene rings is 1. The second-order valence-electron chi connectivity index (χ2n) is 8.11. The van der Waals surface area contributed by atoms with Gasteiger partial charge in [-0.1, -0.05) is 31.0 Å². The Morgan fingerprint density at radius 3 is 2.59 bits per heavy atom. The van der Waals surface area contributed by atoms with E-state index >= 15 is 0 Å². The molecule has 0 bridgehead atoms. The van der Waals surface area contributed by atoms with Crippen LogP contribution in [0, 0.1) is 0 Å². The van der Waals surface area contributed by atoms with Gasteiger partial charge in [0, 0.05) is 24.0 Å². The van der Waals surface area contributed by atoms with Crippen LogP contribution < -0.4 is 5.56 Å². The van der Waals surface area contributed by atoms with E-state index in [0.717, 1.165) is 60.6 Å². The van der Waals surface area contributed by atoms with E-state index in [1.54, 1.807) is 11.3 Å². The first kappa shape index (κ1) is 20.9. The SMILES string of the molecule is CCN(CC)C(=O)CSc1nc2sc3c(c2c(=O)n1C1CCCCC1)CCCC3. The van der Waals surface area contributed by atoms with E-state index in [1.807, 2.05) is 23.3 Å². The maximum atomic E-state index is 13.7. The molecule has 1 amide bonds. The van der Waals surface area contributed by atoms with Crippen LogP contribution in [-0.4, -0.2) is 39.2 Å². The third kappa shape index (κ3) is 4.13. The van der Waals surface area contributed by atoms with Crippen LogP contribution in [0.3, 0.4) is 0 Å². The Morgan fingerprint density at radius 2 is 1.86 bits per heavy atom. The lowest BCUT2D eigenvalue weighted by Gasteiger charge is -2.26. The summed E-state index contributed by atoms with van der Waals surface area (Å²) in [6.45, 7) is 5.44. The van der Waals surface area contributed by atoms with Crippen LogP contribution in [0.25, 0.3) is 10.2 Å². The number of nitrogens with zero attached hydrogens (tertiary/aromatic N) is 3. The predicted molar refractivity (Wildman–Crippen MR) is 121 cm³/mol. The maximum Gasteiger partial charge on any atom is 0.263 e. The van der Waals surface area contributed by atoms with Crippen molar-refractivity contribution in [2.75, 3.05) is 18.8 Å². The first-order valence-corrected chi connectivity index (χ1v) is 12.9. The van der Waals surface area contributed by atoms with Crippen molar-refractivity contribution in [3.05, 3.63) is 20.8 Å². The molecule has 0 aromatic carbocycles. The average molecular weight is 434 g/mol. The van der Waals surface area contributed by atoms with Gasteiger partial charge in [-0.2, -0.15) is 0 Å². The van der Waals surface area contributed by atoms with Crippen molar-refractivity contribution in [3.63, 3.8) is 0 Å². The van der Waals surface area contributed by atoms with Crippen molar-refractivity contribution < 1.29 is 4.79 Å². The van der Waals surface area contributed by atoms with Gasteiger partial charge in [0.15, 0.2) is 5.16 Å². The third-order valence-electron chi connectivity index (χ3n) is 6.37. The minimum atomic E-state index is 0.120. The molecule has 2 aliphatic rings. The molecule has 0 saturated heterocycles. The molecule has 1 saturated carbocycles. The molecule has 0 radical (unpaired) electrons. The van der Waals surface area contributed by atoms with Gasteiger partial charge in [-0.3, -0.25) is 14.2 Å². The number of amides is 1.